The molecule has 1 N–H and O–H groups in total. The molecular weight excluding hydrogens is 348 g/mol. The van der Waals surface area contributed by atoms with Crippen molar-refractivity contribution in [3.8, 4) is 11.8 Å². The molecule has 20 heavy (non-hydrogen) atoms. The molecule has 5 nitrogen and oxygen atoms in total. The van der Waals surface area contributed by atoms with E-state index in [0.29, 0.717) is 22.2 Å². The van der Waals surface area contributed by atoms with Crippen LogP contribution in [0.3, 0.4) is 0 Å². The lowest BCUT2D eigenvalue weighted by Gasteiger charge is -2.14. The highest BCUT2D eigenvalue weighted by Gasteiger charge is 2.20. The molecule has 0 spiro atoms. The largest absolute Gasteiger partial charge is 0.480 e. The molecule has 0 bridgehead atoms. The van der Waals surface area contributed by atoms with Gasteiger partial charge in [-0.15, -0.1) is 0 Å². The standard InChI is InChI=1S/C13H12BrClN2O3/c1-19-10-6-16-11(13(17-10)20-2)12(18)7-3-4-8(14)9(15)5-7/h3-6,12,18H,1-2H3. The number of rotatable bonds is 4. The van der Waals surface area contributed by atoms with Crippen LogP contribution in [0.2, 0.25) is 5.02 Å². The van der Waals surface area contributed by atoms with Crippen LogP contribution in [0.5, 0.6) is 11.8 Å². The highest BCUT2D eigenvalue weighted by molar-refractivity contribution is 9.10. The summed E-state index contributed by atoms with van der Waals surface area (Å²) in [7, 11) is 2.93. The Morgan fingerprint density at radius 2 is 2.05 bits per heavy atom. The minimum absolute atomic E-state index is 0.205. The normalized spacial score (nSPS) is 12.1. The summed E-state index contributed by atoms with van der Waals surface area (Å²) in [5.74, 6) is 0.516. The second-order valence-electron chi connectivity index (χ2n) is 3.88. The van der Waals surface area contributed by atoms with Gasteiger partial charge in [-0.05, 0) is 33.6 Å². The molecule has 1 aromatic carbocycles. The number of hydrogen-bond acceptors (Lipinski definition) is 5. The lowest BCUT2D eigenvalue weighted by molar-refractivity contribution is 0.206. The first kappa shape index (κ1) is 15.0. The molecule has 0 aliphatic carbocycles. The van der Waals surface area contributed by atoms with Gasteiger partial charge in [-0.2, -0.15) is 4.98 Å². The topological polar surface area (TPSA) is 64.5 Å². The first-order chi connectivity index (χ1) is 9.56. The van der Waals surface area contributed by atoms with Gasteiger partial charge in [0.2, 0.25) is 11.8 Å². The van der Waals surface area contributed by atoms with Crippen LogP contribution in [0.1, 0.15) is 17.4 Å². The van der Waals surface area contributed by atoms with Gasteiger partial charge in [-0.3, -0.25) is 0 Å². The van der Waals surface area contributed by atoms with E-state index in [1.807, 2.05) is 0 Å². The second kappa shape index (κ2) is 6.39. The molecule has 2 rings (SSSR count). The van der Waals surface area contributed by atoms with E-state index in [1.165, 1.54) is 20.4 Å². The smallest absolute Gasteiger partial charge is 0.241 e. The van der Waals surface area contributed by atoms with Gasteiger partial charge in [0.05, 0.1) is 25.4 Å². The summed E-state index contributed by atoms with van der Waals surface area (Å²) in [4.78, 5) is 8.22. The van der Waals surface area contributed by atoms with Crippen LogP contribution in [-0.4, -0.2) is 29.3 Å². The molecule has 0 radical (unpaired) electrons. The van der Waals surface area contributed by atoms with E-state index in [1.54, 1.807) is 18.2 Å². The number of methoxy groups -OCH3 is 2. The molecular formula is C13H12BrClN2O3. The Bertz CT molecular complexity index is 625. The van der Waals surface area contributed by atoms with Crippen LogP contribution >= 0.6 is 27.5 Å². The predicted octanol–water partition coefficient (Wildman–Crippen LogP) is 2.99. The third-order valence-electron chi connectivity index (χ3n) is 2.67. The summed E-state index contributed by atoms with van der Waals surface area (Å²) in [6.07, 6.45) is 0.426. The molecule has 1 atom stereocenters. The number of halogens is 2. The summed E-state index contributed by atoms with van der Waals surface area (Å²) >= 11 is 9.32. The summed E-state index contributed by atoms with van der Waals surface area (Å²) in [5.41, 5.74) is 0.891. The van der Waals surface area contributed by atoms with Crippen LogP contribution in [0, 0.1) is 0 Å². The lowest BCUT2D eigenvalue weighted by Crippen LogP contribution is -2.07. The van der Waals surface area contributed by atoms with Gasteiger partial charge in [0.15, 0.2) is 0 Å². The number of ether oxygens (including phenoxy) is 2. The fourth-order valence-corrected chi connectivity index (χ4v) is 2.08. The maximum atomic E-state index is 10.4. The molecule has 0 fully saturated rings. The van der Waals surface area contributed by atoms with Gasteiger partial charge in [0, 0.05) is 4.47 Å². The number of benzene rings is 1. The number of aliphatic hydroxyl groups is 1. The third kappa shape index (κ3) is 3.03. The van der Waals surface area contributed by atoms with Gasteiger partial charge in [0.25, 0.3) is 0 Å². The zero-order valence-electron chi connectivity index (χ0n) is 10.8. The Morgan fingerprint density at radius 1 is 1.30 bits per heavy atom. The van der Waals surface area contributed by atoms with E-state index in [9.17, 15) is 5.11 Å². The SMILES string of the molecule is COc1cnc(C(O)c2ccc(Br)c(Cl)c2)c(OC)n1. The van der Waals surface area contributed by atoms with Gasteiger partial charge in [-0.1, -0.05) is 17.7 Å². The molecule has 1 unspecified atom stereocenters. The molecule has 0 aliphatic rings. The molecule has 0 saturated carbocycles. The lowest BCUT2D eigenvalue weighted by atomic mass is 10.1. The van der Waals surface area contributed by atoms with Crippen molar-refractivity contribution in [2.45, 2.75) is 6.10 Å². The molecule has 1 aromatic heterocycles. The van der Waals surface area contributed by atoms with Crippen molar-refractivity contribution in [1.29, 1.82) is 0 Å². The van der Waals surface area contributed by atoms with Gasteiger partial charge in [0.1, 0.15) is 11.8 Å². The van der Waals surface area contributed by atoms with Crippen LogP contribution in [-0.2, 0) is 0 Å². The van der Waals surface area contributed by atoms with Crippen molar-refractivity contribution in [2.75, 3.05) is 14.2 Å². The van der Waals surface area contributed by atoms with Crippen molar-refractivity contribution in [3.05, 3.63) is 45.1 Å². The minimum Gasteiger partial charge on any atom is -0.480 e. The highest BCUT2D eigenvalue weighted by atomic mass is 79.9. The molecule has 0 amide bonds. The molecule has 2 aromatic rings. The Hall–Kier alpha value is -1.37. The quantitative estimate of drug-likeness (QED) is 0.909. The Balaban J connectivity index is 2.41. The maximum Gasteiger partial charge on any atom is 0.241 e. The first-order valence-corrected chi connectivity index (χ1v) is 6.81. The monoisotopic (exact) mass is 358 g/mol. The van der Waals surface area contributed by atoms with Crippen molar-refractivity contribution in [3.63, 3.8) is 0 Å². The third-order valence-corrected chi connectivity index (χ3v) is 3.90. The zero-order chi connectivity index (χ0) is 14.7. The molecule has 1 heterocycles. The van der Waals surface area contributed by atoms with Crippen LogP contribution < -0.4 is 9.47 Å². The number of aromatic nitrogens is 2. The molecule has 0 aliphatic heterocycles. The molecule has 7 heteroatoms. The Kier molecular flexibility index (Phi) is 4.80. The molecule has 0 saturated heterocycles. The number of aliphatic hydroxyl groups excluding tert-OH is 1. The Labute approximate surface area is 129 Å². The average molecular weight is 360 g/mol. The summed E-state index contributed by atoms with van der Waals surface area (Å²) in [6.45, 7) is 0. The van der Waals surface area contributed by atoms with Crippen molar-refractivity contribution >= 4 is 27.5 Å². The summed E-state index contributed by atoms with van der Waals surface area (Å²) in [5, 5.41) is 10.9. The number of hydrogen-bond donors (Lipinski definition) is 1. The minimum atomic E-state index is -0.992. The van der Waals surface area contributed by atoms with E-state index in [4.69, 9.17) is 21.1 Å². The zero-order valence-corrected chi connectivity index (χ0v) is 13.1. The van der Waals surface area contributed by atoms with Crippen LogP contribution in [0.25, 0.3) is 0 Å². The van der Waals surface area contributed by atoms with Crippen molar-refractivity contribution in [2.24, 2.45) is 0 Å². The van der Waals surface area contributed by atoms with Crippen LogP contribution in [0.15, 0.2) is 28.9 Å². The molecule has 106 valence electrons. The highest BCUT2D eigenvalue weighted by Crippen LogP contribution is 2.31. The van der Waals surface area contributed by atoms with E-state index in [-0.39, 0.29) is 5.88 Å². The average Bonchev–Trinajstić information content (AvgIpc) is 2.48. The number of nitrogens with zero attached hydrogens (tertiary/aromatic N) is 2. The maximum absolute atomic E-state index is 10.4. The van der Waals surface area contributed by atoms with Crippen LogP contribution in [0.4, 0.5) is 0 Å². The van der Waals surface area contributed by atoms with E-state index < -0.39 is 6.10 Å². The predicted molar refractivity (Wildman–Crippen MR) is 78.3 cm³/mol. The summed E-state index contributed by atoms with van der Waals surface area (Å²) < 4.78 is 10.9. The van der Waals surface area contributed by atoms with Crippen molar-refractivity contribution in [1.82, 2.24) is 9.97 Å². The van der Waals surface area contributed by atoms with Gasteiger partial charge >= 0.3 is 0 Å². The van der Waals surface area contributed by atoms with Gasteiger partial charge < -0.3 is 14.6 Å². The van der Waals surface area contributed by atoms with E-state index in [2.05, 4.69) is 25.9 Å². The van der Waals surface area contributed by atoms with E-state index >= 15 is 0 Å². The summed E-state index contributed by atoms with van der Waals surface area (Å²) in [6, 6.07) is 5.15. The first-order valence-electron chi connectivity index (χ1n) is 5.64. The van der Waals surface area contributed by atoms with E-state index in [0.717, 1.165) is 4.47 Å². The fourth-order valence-electron chi connectivity index (χ4n) is 1.64. The van der Waals surface area contributed by atoms with Crippen molar-refractivity contribution < 1.29 is 14.6 Å². The van der Waals surface area contributed by atoms with Gasteiger partial charge in [-0.25, -0.2) is 4.98 Å². The second-order valence-corrected chi connectivity index (χ2v) is 5.14. The Morgan fingerprint density at radius 3 is 2.65 bits per heavy atom. The fraction of sp³-hybridized carbons (Fsp3) is 0.231.